The molecule has 0 bridgehead atoms. The molecule has 3 rings (SSSR count). The third kappa shape index (κ3) is 2.14. The van der Waals surface area contributed by atoms with Crippen molar-refractivity contribution < 1.29 is 9.84 Å². The van der Waals surface area contributed by atoms with Gasteiger partial charge in [-0.3, -0.25) is 4.40 Å². The summed E-state index contributed by atoms with van der Waals surface area (Å²) in [4.78, 5) is 4.41. The predicted octanol–water partition coefficient (Wildman–Crippen LogP) is 3.24. The van der Waals surface area contributed by atoms with Crippen molar-refractivity contribution in [3.63, 3.8) is 0 Å². The molecule has 0 unspecified atom stereocenters. The van der Waals surface area contributed by atoms with Crippen molar-refractivity contribution >= 4 is 5.65 Å². The van der Waals surface area contributed by atoms with Gasteiger partial charge in [-0.15, -0.1) is 0 Å². The number of fused-ring (bicyclic) bond motifs is 1. The van der Waals surface area contributed by atoms with E-state index >= 15 is 0 Å². The summed E-state index contributed by atoms with van der Waals surface area (Å²) in [5.74, 6) is 1.17. The molecule has 0 aliphatic carbocycles. The zero-order valence-electron chi connectivity index (χ0n) is 11.5. The number of benzene rings is 1. The highest BCUT2D eigenvalue weighted by atomic mass is 16.5. The summed E-state index contributed by atoms with van der Waals surface area (Å²) in [7, 11) is 0. The molecule has 2 aromatic heterocycles. The van der Waals surface area contributed by atoms with Crippen LogP contribution in [0.2, 0.25) is 0 Å². The van der Waals surface area contributed by atoms with Crippen LogP contribution in [0.4, 0.5) is 0 Å². The number of nitrogens with zero attached hydrogens (tertiary/aromatic N) is 2. The van der Waals surface area contributed by atoms with Gasteiger partial charge >= 0.3 is 0 Å². The fraction of sp³-hybridized carbons (Fsp3) is 0.188. The second kappa shape index (κ2) is 4.98. The van der Waals surface area contributed by atoms with Crippen LogP contribution in [-0.4, -0.2) is 14.5 Å². The van der Waals surface area contributed by atoms with Gasteiger partial charge in [0.2, 0.25) is 5.88 Å². The van der Waals surface area contributed by atoms with E-state index in [0.717, 1.165) is 17.0 Å². The maximum atomic E-state index is 9.54. The molecule has 2 heterocycles. The van der Waals surface area contributed by atoms with Gasteiger partial charge in [0.25, 0.3) is 0 Å². The number of pyridine rings is 1. The highest BCUT2D eigenvalue weighted by Crippen LogP contribution is 2.27. The monoisotopic (exact) mass is 268 g/mol. The van der Waals surface area contributed by atoms with Crippen LogP contribution >= 0.6 is 0 Å². The molecule has 1 aromatic carbocycles. The third-order valence-electron chi connectivity index (χ3n) is 3.43. The van der Waals surface area contributed by atoms with Crippen LogP contribution < -0.4 is 4.74 Å². The van der Waals surface area contributed by atoms with E-state index in [0.29, 0.717) is 11.6 Å². The van der Waals surface area contributed by atoms with Gasteiger partial charge < -0.3 is 9.84 Å². The van der Waals surface area contributed by atoms with Gasteiger partial charge in [-0.1, -0.05) is 12.1 Å². The summed E-state index contributed by atoms with van der Waals surface area (Å²) in [6.07, 6.45) is 1.86. The van der Waals surface area contributed by atoms with Crippen molar-refractivity contribution in [2.24, 2.45) is 0 Å². The molecule has 0 aliphatic heterocycles. The van der Waals surface area contributed by atoms with E-state index < -0.39 is 0 Å². The third-order valence-corrected chi connectivity index (χ3v) is 3.43. The highest BCUT2D eigenvalue weighted by molar-refractivity contribution is 5.47. The maximum Gasteiger partial charge on any atom is 0.243 e. The van der Waals surface area contributed by atoms with E-state index in [1.807, 2.05) is 53.9 Å². The van der Waals surface area contributed by atoms with Gasteiger partial charge in [0.05, 0.1) is 6.61 Å². The van der Waals surface area contributed by atoms with Gasteiger partial charge in [-0.05, 0) is 49.2 Å². The Morgan fingerprint density at radius 1 is 1.15 bits per heavy atom. The minimum atomic E-state index is -0.120. The van der Waals surface area contributed by atoms with Gasteiger partial charge in [0.1, 0.15) is 17.1 Å². The molecule has 0 saturated carbocycles. The van der Waals surface area contributed by atoms with E-state index in [4.69, 9.17) is 4.74 Å². The van der Waals surface area contributed by atoms with Crippen molar-refractivity contribution in [2.75, 3.05) is 0 Å². The number of aliphatic hydroxyl groups is 1. The van der Waals surface area contributed by atoms with Crippen molar-refractivity contribution in [3.8, 4) is 11.6 Å². The Labute approximate surface area is 117 Å². The first kappa shape index (κ1) is 12.7. The van der Waals surface area contributed by atoms with Crippen molar-refractivity contribution in [1.29, 1.82) is 0 Å². The second-order valence-corrected chi connectivity index (χ2v) is 4.80. The number of aliphatic hydroxyl groups excluding tert-OH is 1. The lowest BCUT2D eigenvalue weighted by Crippen LogP contribution is -1.95. The predicted molar refractivity (Wildman–Crippen MR) is 77.1 cm³/mol. The van der Waals surface area contributed by atoms with Gasteiger partial charge in [0, 0.05) is 6.20 Å². The molecule has 4 nitrogen and oxygen atoms in total. The Kier molecular flexibility index (Phi) is 3.16. The zero-order chi connectivity index (χ0) is 14.1. The van der Waals surface area contributed by atoms with Crippen LogP contribution in [0.25, 0.3) is 5.65 Å². The number of ether oxygens (including phenoxy) is 1. The number of rotatable bonds is 3. The topological polar surface area (TPSA) is 46.8 Å². The molecule has 102 valence electrons. The van der Waals surface area contributed by atoms with E-state index in [2.05, 4.69) is 11.9 Å². The zero-order valence-corrected chi connectivity index (χ0v) is 11.5. The largest absolute Gasteiger partial charge is 0.437 e. The lowest BCUT2D eigenvalue weighted by Gasteiger charge is -2.07. The van der Waals surface area contributed by atoms with E-state index in [-0.39, 0.29) is 6.61 Å². The first-order valence-electron chi connectivity index (χ1n) is 6.51. The number of hydrogen-bond acceptors (Lipinski definition) is 3. The molecule has 0 aliphatic rings. The summed E-state index contributed by atoms with van der Waals surface area (Å²) < 4.78 is 7.66. The first-order valence-corrected chi connectivity index (χ1v) is 6.51. The van der Waals surface area contributed by atoms with Gasteiger partial charge in [-0.25, -0.2) is 0 Å². The minimum absolute atomic E-state index is 0.120. The molecule has 20 heavy (non-hydrogen) atoms. The summed E-state index contributed by atoms with van der Waals surface area (Å²) in [6.45, 7) is 3.98. The Morgan fingerprint density at radius 3 is 2.75 bits per heavy atom. The molecule has 0 radical (unpaired) electrons. The first-order chi connectivity index (χ1) is 9.69. The second-order valence-electron chi connectivity index (χ2n) is 4.80. The molecular weight excluding hydrogens is 252 g/mol. The normalized spacial score (nSPS) is 10.9. The number of aromatic nitrogens is 2. The fourth-order valence-corrected chi connectivity index (χ4v) is 2.14. The highest BCUT2D eigenvalue weighted by Gasteiger charge is 2.13. The summed E-state index contributed by atoms with van der Waals surface area (Å²) >= 11 is 0. The molecule has 1 N–H and O–H groups in total. The summed E-state index contributed by atoms with van der Waals surface area (Å²) in [5, 5.41) is 9.54. The summed E-state index contributed by atoms with van der Waals surface area (Å²) in [6, 6.07) is 11.6. The summed E-state index contributed by atoms with van der Waals surface area (Å²) in [5.41, 5.74) is 3.79. The Morgan fingerprint density at radius 2 is 2.00 bits per heavy atom. The quantitative estimate of drug-likeness (QED) is 0.793. The molecule has 0 saturated heterocycles. The fourth-order valence-electron chi connectivity index (χ4n) is 2.14. The molecule has 0 atom stereocenters. The van der Waals surface area contributed by atoms with Crippen LogP contribution in [0.3, 0.4) is 0 Å². The van der Waals surface area contributed by atoms with E-state index in [1.165, 1.54) is 5.56 Å². The van der Waals surface area contributed by atoms with Crippen molar-refractivity contribution in [3.05, 3.63) is 59.4 Å². The lowest BCUT2D eigenvalue weighted by atomic mass is 10.1. The van der Waals surface area contributed by atoms with Crippen LogP contribution in [0.5, 0.6) is 11.6 Å². The average Bonchev–Trinajstić information content (AvgIpc) is 2.80. The van der Waals surface area contributed by atoms with Gasteiger partial charge in [-0.2, -0.15) is 4.98 Å². The molecule has 0 spiro atoms. The Balaban J connectivity index is 2.03. The SMILES string of the molecule is Cc1ccc(Oc2nc3ccccn3c2CO)cc1C. The van der Waals surface area contributed by atoms with Crippen LogP contribution in [0.15, 0.2) is 42.6 Å². The van der Waals surface area contributed by atoms with Crippen LogP contribution in [0.1, 0.15) is 16.8 Å². The molecule has 3 aromatic rings. The smallest absolute Gasteiger partial charge is 0.243 e. The molecule has 0 amide bonds. The van der Waals surface area contributed by atoms with E-state index in [9.17, 15) is 5.11 Å². The molecular formula is C16H16N2O2. The number of aryl methyl sites for hydroxylation is 2. The Hall–Kier alpha value is -2.33. The average molecular weight is 268 g/mol. The lowest BCUT2D eigenvalue weighted by molar-refractivity contribution is 0.269. The minimum Gasteiger partial charge on any atom is -0.437 e. The number of hydrogen-bond donors (Lipinski definition) is 1. The van der Waals surface area contributed by atoms with Crippen LogP contribution in [-0.2, 0) is 6.61 Å². The number of imidazole rings is 1. The Bertz CT molecular complexity index is 762. The van der Waals surface area contributed by atoms with E-state index in [1.54, 1.807) is 0 Å². The molecule has 4 heteroatoms. The van der Waals surface area contributed by atoms with Crippen LogP contribution in [0, 0.1) is 13.8 Å². The standard InChI is InChI=1S/C16H16N2O2/c1-11-6-7-13(9-12(11)2)20-16-14(10-19)18-8-4-3-5-15(18)17-16/h3-9,19H,10H2,1-2H3. The van der Waals surface area contributed by atoms with Gasteiger partial charge in [0.15, 0.2) is 0 Å². The van der Waals surface area contributed by atoms with Crippen molar-refractivity contribution in [2.45, 2.75) is 20.5 Å². The molecule has 0 fully saturated rings. The maximum absolute atomic E-state index is 9.54. The van der Waals surface area contributed by atoms with Crippen molar-refractivity contribution in [1.82, 2.24) is 9.38 Å².